The molecule has 0 N–H and O–H groups in total. The minimum Gasteiger partial charge on any atom is -0.198 e. The molecule has 0 unspecified atom stereocenters. The summed E-state index contributed by atoms with van der Waals surface area (Å²) in [4.78, 5) is 1.37. The van der Waals surface area contributed by atoms with Gasteiger partial charge in [-0.05, 0) is 23.4 Å². The number of nitriles is 1. The lowest BCUT2D eigenvalue weighted by Crippen LogP contribution is -1.73. The maximum Gasteiger partial charge on any atom is 0.0670 e. The fourth-order valence-corrected chi connectivity index (χ4v) is 1.64. The molecule has 0 saturated carbocycles. The van der Waals surface area contributed by atoms with Crippen molar-refractivity contribution in [3.05, 3.63) is 21.9 Å². The van der Waals surface area contributed by atoms with Crippen molar-refractivity contribution in [3.8, 4) is 6.07 Å². The Bertz CT molecular complexity index is 244. The summed E-state index contributed by atoms with van der Waals surface area (Å²) in [6.45, 7) is 2.13. The second-order valence-corrected chi connectivity index (χ2v) is 3.11. The van der Waals surface area contributed by atoms with Crippen LogP contribution in [0, 0.1) is 11.3 Å². The third-order valence-electron chi connectivity index (χ3n) is 1.34. The van der Waals surface area contributed by atoms with Crippen molar-refractivity contribution in [2.24, 2.45) is 0 Å². The molecule has 0 atom stereocenters. The molecule has 0 spiro atoms. The average molecular weight is 151 g/mol. The van der Waals surface area contributed by atoms with Crippen LogP contribution < -0.4 is 0 Å². The van der Waals surface area contributed by atoms with Crippen LogP contribution in [0.4, 0.5) is 0 Å². The molecular weight excluding hydrogens is 142 g/mol. The molecule has 1 nitrogen and oxygen atoms in total. The van der Waals surface area contributed by atoms with E-state index in [2.05, 4.69) is 24.4 Å². The Kier molecular flexibility index (Phi) is 2.47. The first-order valence-electron chi connectivity index (χ1n) is 3.30. The molecule has 1 aromatic heterocycles. The Morgan fingerprint density at radius 2 is 2.50 bits per heavy atom. The van der Waals surface area contributed by atoms with E-state index in [1.807, 2.05) is 0 Å². The summed E-state index contributed by atoms with van der Waals surface area (Å²) in [6, 6.07) is 4.23. The lowest BCUT2D eigenvalue weighted by molar-refractivity contribution is 1.17. The molecule has 0 aliphatic heterocycles. The molecule has 2 heteroatoms. The zero-order valence-corrected chi connectivity index (χ0v) is 6.74. The normalized spacial score (nSPS) is 9.20. The van der Waals surface area contributed by atoms with Crippen LogP contribution >= 0.6 is 11.3 Å². The number of hydrogen-bond donors (Lipinski definition) is 0. The van der Waals surface area contributed by atoms with Crippen LogP contribution in [0.25, 0.3) is 0 Å². The van der Waals surface area contributed by atoms with Crippen molar-refractivity contribution < 1.29 is 0 Å². The summed E-state index contributed by atoms with van der Waals surface area (Å²) in [6.07, 6.45) is 1.63. The number of thiophene rings is 1. The molecule has 0 saturated heterocycles. The molecule has 0 fully saturated rings. The quantitative estimate of drug-likeness (QED) is 0.636. The van der Waals surface area contributed by atoms with E-state index in [1.54, 1.807) is 11.3 Å². The van der Waals surface area contributed by atoms with E-state index >= 15 is 0 Å². The van der Waals surface area contributed by atoms with E-state index in [0.29, 0.717) is 6.42 Å². The highest BCUT2D eigenvalue weighted by molar-refractivity contribution is 7.10. The lowest BCUT2D eigenvalue weighted by Gasteiger charge is -1.82. The highest BCUT2D eigenvalue weighted by Crippen LogP contribution is 2.14. The first-order valence-corrected chi connectivity index (χ1v) is 4.18. The molecule has 0 amide bonds. The van der Waals surface area contributed by atoms with Crippen molar-refractivity contribution in [1.29, 1.82) is 5.26 Å². The van der Waals surface area contributed by atoms with Crippen molar-refractivity contribution in [2.45, 2.75) is 19.8 Å². The molecule has 0 aliphatic carbocycles. The summed E-state index contributed by atoms with van der Waals surface area (Å²) in [5.41, 5.74) is 1.16. The van der Waals surface area contributed by atoms with Crippen LogP contribution in [0.5, 0.6) is 0 Å². The summed E-state index contributed by atoms with van der Waals surface area (Å²) in [7, 11) is 0. The standard InChI is InChI=1S/C8H9NS/c1-2-8-5-7(3-4-9)6-10-8/h5-6H,2-3H2,1H3. The van der Waals surface area contributed by atoms with Gasteiger partial charge in [0.1, 0.15) is 0 Å². The van der Waals surface area contributed by atoms with Gasteiger partial charge in [-0.2, -0.15) is 5.26 Å². The lowest BCUT2D eigenvalue weighted by atomic mass is 10.2. The van der Waals surface area contributed by atoms with Gasteiger partial charge in [0.05, 0.1) is 12.5 Å². The molecule has 0 bridgehead atoms. The number of rotatable bonds is 2. The minimum absolute atomic E-state index is 0.552. The van der Waals surface area contributed by atoms with E-state index in [0.717, 1.165) is 12.0 Å². The molecular formula is C8H9NS. The topological polar surface area (TPSA) is 23.8 Å². The number of nitrogens with zero attached hydrogens (tertiary/aromatic N) is 1. The summed E-state index contributed by atoms with van der Waals surface area (Å²) < 4.78 is 0. The maximum atomic E-state index is 8.36. The highest BCUT2D eigenvalue weighted by atomic mass is 32.1. The Morgan fingerprint density at radius 3 is 3.00 bits per heavy atom. The van der Waals surface area contributed by atoms with Crippen LogP contribution in [0.2, 0.25) is 0 Å². The molecule has 1 aromatic rings. The van der Waals surface area contributed by atoms with Gasteiger partial charge in [0.2, 0.25) is 0 Å². The van der Waals surface area contributed by atoms with Crippen molar-refractivity contribution in [1.82, 2.24) is 0 Å². The minimum atomic E-state index is 0.552. The molecule has 10 heavy (non-hydrogen) atoms. The van der Waals surface area contributed by atoms with Crippen molar-refractivity contribution in [3.63, 3.8) is 0 Å². The monoisotopic (exact) mass is 151 g/mol. The van der Waals surface area contributed by atoms with E-state index in [4.69, 9.17) is 5.26 Å². The van der Waals surface area contributed by atoms with Gasteiger partial charge >= 0.3 is 0 Å². The van der Waals surface area contributed by atoms with Gasteiger partial charge in [-0.1, -0.05) is 6.92 Å². The van der Waals surface area contributed by atoms with Crippen LogP contribution in [-0.2, 0) is 12.8 Å². The fraction of sp³-hybridized carbons (Fsp3) is 0.375. The number of aryl methyl sites for hydroxylation is 1. The summed E-state index contributed by atoms with van der Waals surface area (Å²) in [5.74, 6) is 0. The zero-order valence-electron chi connectivity index (χ0n) is 5.92. The SMILES string of the molecule is CCc1cc(CC#N)cs1. The number of hydrogen-bond acceptors (Lipinski definition) is 2. The molecule has 0 aliphatic rings. The molecule has 1 heterocycles. The highest BCUT2D eigenvalue weighted by Gasteiger charge is 1.95. The van der Waals surface area contributed by atoms with Gasteiger partial charge in [0.15, 0.2) is 0 Å². The maximum absolute atomic E-state index is 8.36. The van der Waals surface area contributed by atoms with Gasteiger partial charge < -0.3 is 0 Å². The van der Waals surface area contributed by atoms with Crippen molar-refractivity contribution in [2.75, 3.05) is 0 Å². The average Bonchev–Trinajstić information content (AvgIpc) is 2.37. The van der Waals surface area contributed by atoms with Gasteiger partial charge in [-0.15, -0.1) is 11.3 Å². The van der Waals surface area contributed by atoms with E-state index in [1.165, 1.54) is 4.88 Å². The van der Waals surface area contributed by atoms with Crippen LogP contribution in [0.1, 0.15) is 17.4 Å². The van der Waals surface area contributed by atoms with Gasteiger partial charge in [-0.25, -0.2) is 0 Å². The predicted octanol–water partition coefficient (Wildman–Crippen LogP) is 2.38. The third kappa shape index (κ3) is 1.58. The Morgan fingerprint density at radius 1 is 1.70 bits per heavy atom. The Balaban J connectivity index is 2.70. The largest absolute Gasteiger partial charge is 0.198 e. The Labute approximate surface area is 64.9 Å². The first-order chi connectivity index (χ1) is 4.86. The molecule has 0 radical (unpaired) electrons. The molecule has 0 aromatic carbocycles. The fourth-order valence-electron chi connectivity index (χ4n) is 0.796. The van der Waals surface area contributed by atoms with E-state index in [-0.39, 0.29) is 0 Å². The zero-order chi connectivity index (χ0) is 7.40. The predicted molar refractivity (Wildman–Crippen MR) is 43.0 cm³/mol. The summed E-state index contributed by atoms with van der Waals surface area (Å²) >= 11 is 1.74. The van der Waals surface area contributed by atoms with Crippen LogP contribution in [-0.4, -0.2) is 0 Å². The van der Waals surface area contributed by atoms with E-state index < -0.39 is 0 Å². The van der Waals surface area contributed by atoms with Gasteiger partial charge in [0, 0.05) is 4.88 Å². The van der Waals surface area contributed by atoms with Crippen LogP contribution in [0.3, 0.4) is 0 Å². The first kappa shape index (κ1) is 7.30. The Hall–Kier alpha value is -0.810. The smallest absolute Gasteiger partial charge is 0.0670 e. The third-order valence-corrected chi connectivity index (χ3v) is 2.47. The summed E-state index contributed by atoms with van der Waals surface area (Å²) in [5, 5.41) is 10.4. The second kappa shape index (κ2) is 3.38. The van der Waals surface area contributed by atoms with Gasteiger partial charge in [-0.3, -0.25) is 0 Å². The molecule has 52 valence electrons. The van der Waals surface area contributed by atoms with Gasteiger partial charge in [0.25, 0.3) is 0 Å². The second-order valence-electron chi connectivity index (χ2n) is 2.11. The van der Waals surface area contributed by atoms with Crippen LogP contribution in [0.15, 0.2) is 11.4 Å². The van der Waals surface area contributed by atoms with E-state index in [9.17, 15) is 0 Å². The van der Waals surface area contributed by atoms with Crippen molar-refractivity contribution >= 4 is 11.3 Å². The molecule has 1 rings (SSSR count).